The quantitative estimate of drug-likeness (QED) is 0.867. The molecule has 0 unspecified atom stereocenters. The molecule has 0 saturated heterocycles. The van der Waals surface area contributed by atoms with Gasteiger partial charge < -0.3 is 0 Å². The predicted molar refractivity (Wildman–Crippen MR) is 66.2 cm³/mol. The number of aromatic nitrogens is 1. The van der Waals surface area contributed by atoms with Crippen molar-refractivity contribution in [1.29, 1.82) is 0 Å². The van der Waals surface area contributed by atoms with Crippen LogP contribution < -0.4 is 4.72 Å². The van der Waals surface area contributed by atoms with Gasteiger partial charge in [-0.15, -0.1) is 0 Å². The summed E-state index contributed by atoms with van der Waals surface area (Å²) in [5, 5.41) is 0. The molecule has 2 rings (SSSR count). The zero-order valence-corrected chi connectivity index (χ0v) is 10.4. The second-order valence-electron chi connectivity index (χ2n) is 3.79. The molecule has 0 aliphatic heterocycles. The van der Waals surface area contributed by atoms with Gasteiger partial charge >= 0.3 is 0 Å². The molecule has 0 atom stereocenters. The molecule has 0 amide bonds. The number of benzene rings is 1. The van der Waals surface area contributed by atoms with E-state index in [1.807, 2.05) is 6.92 Å². The van der Waals surface area contributed by atoms with E-state index in [1.165, 1.54) is 18.2 Å². The van der Waals surface area contributed by atoms with E-state index in [1.54, 1.807) is 12.1 Å². The van der Waals surface area contributed by atoms with Crippen LogP contribution in [0.15, 0.2) is 47.5 Å². The Morgan fingerprint density at radius 1 is 1.11 bits per heavy atom. The molecule has 0 fully saturated rings. The highest BCUT2D eigenvalue weighted by Gasteiger charge is 2.13. The monoisotopic (exact) mass is 266 g/mol. The maximum absolute atomic E-state index is 12.6. The lowest BCUT2D eigenvalue weighted by Crippen LogP contribution is -2.13. The fourth-order valence-corrected chi connectivity index (χ4v) is 2.41. The van der Waals surface area contributed by atoms with Crippen molar-refractivity contribution in [3.05, 3.63) is 54.1 Å². The summed E-state index contributed by atoms with van der Waals surface area (Å²) in [5.74, 6) is -0.659. The standard InChI is InChI=1S/C12H11FN2O2S/c1-9-2-5-11(6-3-9)18(16,17)15-10-4-7-12(13)14-8-10/h2-8,15H,1H3. The number of pyridine rings is 1. The van der Waals surface area contributed by atoms with Gasteiger partial charge in [0.05, 0.1) is 16.8 Å². The number of aryl methyl sites for hydroxylation is 1. The van der Waals surface area contributed by atoms with E-state index >= 15 is 0 Å². The maximum Gasteiger partial charge on any atom is 0.261 e. The van der Waals surface area contributed by atoms with Crippen molar-refractivity contribution in [3.8, 4) is 0 Å². The summed E-state index contributed by atoms with van der Waals surface area (Å²) in [6.07, 6.45) is 1.13. The van der Waals surface area contributed by atoms with Crippen molar-refractivity contribution < 1.29 is 12.8 Å². The molecule has 0 aliphatic rings. The maximum atomic E-state index is 12.6. The van der Waals surface area contributed by atoms with Gasteiger partial charge in [0.2, 0.25) is 5.95 Å². The fraction of sp³-hybridized carbons (Fsp3) is 0.0833. The van der Waals surface area contributed by atoms with Gasteiger partial charge in [0, 0.05) is 0 Å². The van der Waals surface area contributed by atoms with E-state index in [4.69, 9.17) is 0 Å². The molecule has 4 nitrogen and oxygen atoms in total. The highest BCUT2D eigenvalue weighted by Crippen LogP contribution is 2.15. The third-order valence-electron chi connectivity index (χ3n) is 2.31. The summed E-state index contributed by atoms with van der Waals surface area (Å²) in [4.78, 5) is 3.53. The summed E-state index contributed by atoms with van der Waals surface area (Å²) in [6, 6.07) is 8.83. The molecule has 0 saturated carbocycles. The molecule has 1 aromatic heterocycles. The Balaban J connectivity index is 2.27. The average Bonchev–Trinajstić information content (AvgIpc) is 2.32. The Kier molecular flexibility index (Phi) is 3.29. The minimum atomic E-state index is -3.66. The van der Waals surface area contributed by atoms with Crippen LogP contribution in [-0.4, -0.2) is 13.4 Å². The van der Waals surface area contributed by atoms with Crippen molar-refractivity contribution in [1.82, 2.24) is 4.98 Å². The average molecular weight is 266 g/mol. The van der Waals surface area contributed by atoms with Crippen LogP contribution in [0.2, 0.25) is 0 Å². The predicted octanol–water partition coefficient (Wildman–Crippen LogP) is 2.33. The number of nitrogens with zero attached hydrogens (tertiary/aromatic N) is 1. The van der Waals surface area contributed by atoms with Crippen LogP contribution in [0.3, 0.4) is 0 Å². The SMILES string of the molecule is Cc1ccc(S(=O)(=O)Nc2ccc(F)nc2)cc1. The van der Waals surface area contributed by atoms with Crippen LogP contribution in [0.5, 0.6) is 0 Å². The van der Waals surface area contributed by atoms with E-state index in [0.29, 0.717) is 0 Å². The van der Waals surface area contributed by atoms with Crippen LogP contribution in [-0.2, 0) is 10.0 Å². The zero-order valence-electron chi connectivity index (χ0n) is 9.59. The summed E-state index contributed by atoms with van der Waals surface area (Å²) in [7, 11) is -3.66. The lowest BCUT2D eigenvalue weighted by Gasteiger charge is -2.07. The second-order valence-corrected chi connectivity index (χ2v) is 5.47. The van der Waals surface area contributed by atoms with Crippen molar-refractivity contribution in [3.63, 3.8) is 0 Å². The first-order chi connectivity index (χ1) is 8.47. The first kappa shape index (κ1) is 12.5. The number of hydrogen-bond acceptors (Lipinski definition) is 3. The summed E-state index contributed by atoms with van der Waals surface area (Å²) in [6.45, 7) is 1.87. The topological polar surface area (TPSA) is 59.1 Å². The number of rotatable bonds is 3. The lowest BCUT2D eigenvalue weighted by atomic mass is 10.2. The van der Waals surface area contributed by atoms with Gasteiger partial charge in [0.25, 0.3) is 10.0 Å². The van der Waals surface area contributed by atoms with E-state index in [0.717, 1.165) is 17.8 Å². The number of anilines is 1. The molecule has 1 aromatic carbocycles. The second kappa shape index (κ2) is 4.73. The van der Waals surface area contributed by atoms with Crippen molar-refractivity contribution >= 4 is 15.7 Å². The molecule has 18 heavy (non-hydrogen) atoms. The first-order valence-electron chi connectivity index (χ1n) is 5.18. The van der Waals surface area contributed by atoms with E-state index in [2.05, 4.69) is 9.71 Å². The van der Waals surface area contributed by atoms with E-state index < -0.39 is 16.0 Å². The van der Waals surface area contributed by atoms with Crippen LogP contribution in [0.1, 0.15) is 5.56 Å². The third-order valence-corrected chi connectivity index (χ3v) is 3.71. The van der Waals surface area contributed by atoms with Gasteiger partial charge in [-0.05, 0) is 31.2 Å². The normalized spacial score (nSPS) is 11.2. The molecule has 0 aliphatic carbocycles. The molecule has 0 radical (unpaired) electrons. The van der Waals surface area contributed by atoms with Crippen LogP contribution in [0.25, 0.3) is 0 Å². The number of halogens is 1. The van der Waals surface area contributed by atoms with Gasteiger partial charge in [0.1, 0.15) is 0 Å². The molecule has 1 heterocycles. The molecule has 2 aromatic rings. The lowest BCUT2D eigenvalue weighted by molar-refractivity contribution is 0.583. The summed E-state index contributed by atoms with van der Waals surface area (Å²) >= 11 is 0. The van der Waals surface area contributed by atoms with Gasteiger partial charge in [0.15, 0.2) is 0 Å². The van der Waals surface area contributed by atoms with E-state index in [-0.39, 0.29) is 10.6 Å². The molecule has 0 bridgehead atoms. The third kappa shape index (κ3) is 2.84. The minimum Gasteiger partial charge on any atom is -0.278 e. The molecule has 6 heteroatoms. The van der Waals surface area contributed by atoms with Crippen molar-refractivity contribution in [2.75, 3.05) is 4.72 Å². The first-order valence-corrected chi connectivity index (χ1v) is 6.67. The number of nitrogens with one attached hydrogen (secondary N) is 1. The van der Waals surface area contributed by atoms with Crippen LogP contribution >= 0.6 is 0 Å². The van der Waals surface area contributed by atoms with E-state index in [9.17, 15) is 12.8 Å². The summed E-state index contributed by atoms with van der Waals surface area (Å²) < 4.78 is 38.9. The van der Waals surface area contributed by atoms with Gasteiger partial charge in [-0.1, -0.05) is 17.7 Å². The highest BCUT2D eigenvalue weighted by atomic mass is 32.2. The van der Waals surface area contributed by atoms with Gasteiger partial charge in [-0.25, -0.2) is 13.4 Å². The number of hydrogen-bond donors (Lipinski definition) is 1. The van der Waals surface area contributed by atoms with Crippen LogP contribution in [0.4, 0.5) is 10.1 Å². The Bertz CT molecular complexity index is 637. The van der Waals surface area contributed by atoms with Gasteiger partial charge in [-0.3, -0.25) is 4.72 Å². The Hall–Kier alpha value is -1.95. The highest BCUT2D eigenvalue weighted by molar-refractivity contribution is 7.92. The largest absolute Gasteiger partial charge is 0.278 e. The Morgan fingerprint density at radius 3 is 2.33 bits per heavy atom. The molecular formula is C12H11FN2O2S. The van der Waals surface area contributed by atoms with Crippen molar-refractivity contribution in [2.24, 2.45) is 0 Å². The summed E-state index contributed by atoms with van der Waals surface area (Å²) in [5.41, 5.74) is 1.19. The Morgan fingerprint density at radius 2 is 1.78 bits per heavy atom. The smallest absolute Gasteiger partial charge is 0.261 e. The fourth-order valence-electron chi connectivity index (χ4n) is 1.37. The minimum absolute atomic E-state index is 0.150. The molecule has 94 valence electrons. The van der Waals surface area contributed by atoms with Gasteiger partial charge in [-0.2, -0.15) is 4.39 Å². The zero-order chi connectivity index (χ0) is 13.2. The molecule has 1 N–H and O–H groups in total. The molecule has 0 spiro atoms. The van der Waals surface area contributed by atoms with Crippen LogP contribution in [0, 0.1) is 12.9 Å². The molecular weight excluding hydrogens is 255 g/mol. The number of sulfonamides is 1. The van der Waals surface area contributed by atoms with Crippen molar-refractivity contribution in [2.45, 2.75) is 11.8 Å². The Labute approximate surface area is 105 Å².